The van der Waals surface area contributed by atoms with Gasteiger partial charge >= 0.3 is 5.97 Å². The first-order valence-corrected chi connectivity index (χ1v) is 3.78. The number of carboxylic acids is 1. The number of carbonyl (C=O) groups is 1. The smallest absolute Gasteiger partial charge is 0.305 e. The van der Waals surface area contributed by atoms with Crippen molar-refractivity contribution >= 4 is 5.97 Å². The molecule has 0 unspecified atom stereocenters. The van der Waals surface area contributed by atoms with Crippen molar-refractivity contribution in [3.05, 3.63) is 12.7 Å². The van der Waals surface area contributed by atoms with Crippen molar-refractivity contribution in [2.45, 2.75) is 31.7 Å². The largest absolute Gasteiger partial charge is 0.481 e. The maximum atomic E-state index is 10.4. The van der Waals surface area contributed by atoms with Gasteiger partial charge in [0.25, 0.3) is 0 Å². The topological polar surface area (TPSA) is 89.8 Å². The number of hydrogen-bond acceptors (Lipinski definition) is 4. The summed E-state index contributed by atoms with van der Waals surface area (Å²) in [4.78, 5) is 10.4. The minimum atomic E-state index is -2.24. The molecule has 0 fully saturated rings. The Morgan fingerprint density at radius 2 is 2.00 bits per heavy atom. The monoisotopic (exact) mass is 189 g/mol. The molecule has 0 spiro atoms. The minimum Gasteiger partial charge on any atom is -0.481 e. The van der Waals surface area contributed by atoms with E-state index in [0.717, 1.165) is 6.08 Å². The van der Waals surface area contributed by atoms with Crippen LogP contribution in [0.15, 0.2) is 12.7 Å². The minimum absolute atomic E-state index is 0.219. The molecule has 0 aromatic heterocycles. The van der Waals surface area contributed by atoms with Crippen LogP contribution in [0.25, 0.3) is 0 Å². The normalized spacial score (nSPS) is 12.6. The Hall–Kier alpha value is -0.910. The Kier molecular flexibility index (Phi) is 3.60. The van der Waals surface area contributed by atoms with Crippen LogP contribution in [0.2, 0.25) is 0 Å². The summed E-state index contributed by atoms with van der Waals surface area (Å²) in [6.45, 7) is 6.28. The molecule has 13 heavy (non-hydrogen) atoms. The number of hydrogen-bond donors (Lipinski definition) is 4. The number of rotatable bonds is 5. The molecular formula is C8H15NO4. The van der Waals surface area contributed by atoms with E-state index >= 15 is 0 Å². The summed E-state index contributed by atoms with van der Waals surface area (Å²) in [5.74, 6) is -3.25. The van der Waals surface area contributed by atoms with Gasteiger partial charge in [0.1, 0.15) is 0 Å². The van der Waals surface area contributed by atoms with E-state index in [4.69, 9.17) is 15.3 Å². The molecule has 0 atom stereocenters. The highest BCUT2D eigenvalue weighted by molar-refractivity contribution is 5.68. The molecule has 5 heteroatoms. The van der Waals surface area contributed by atoms with Gasteiger partial charge in [0, 0.05) is 5.54 Å². The van der Waals surface area contributed by atoms with E-state index in [1.807, 2.05) is 0 Å². The summed E-state index contributed by atoms with van der Waals surface area (Å²) in [6, 6.07) is 0. The van der Waals surface area contributed by atoms with E-state index in [1.165, 1.54) is 0 Å². The van der Waals surface area contributed by atoms with E-state index in [0.29, 0.717) is 0 Å². The van der Waals surface area contributed by atoms with Gasteiger partial charge in [-0.1, -0.05) is 6.58 Å². The Balaban J connectivity index is 4.32. The van der Waals surface area contributed by atoms with Crippen LogP contribution in [-0.2, 0) is 4.79 Å². The van der Waals surface area contributed by atoms with Crippen LogP contribution in [0.3, 0.4) is 0 Å². The van der Waals surface area contributed by atoms with Gasteiger partial charge in [0.15, 0.2) is 0 Å². The van der Waals surface area contributed by atoms with Crippen LogP contribution in [0, 0.1) is 0 Å². The first kappa shape index (κ1) is 12.1. The molecule has 0 rings (SSSR count). The van der Waals surface area contributed by atoms with Crippen molar-refractivity contribution in [3.8, 4) is 0 Å². The number of aliphatic carboxylic acids is 1. The van der Waals surface area contributed by atoms with Crippen LogP contribution in [0.5, 0.6) is 0 Å². The van der Waals surface area contributed by atoms with Crippen LogP contribution in [-0.4, -0.2) is 32.7 Å². The average Bonchev–Trinajstić information content (AvgIpc) is 1.81. The fraction of sp³-hybridized carbons (Fsp3) is 0.625. The number of carboxylic acid groups (broad SMARTS) is 1. The van der Waals surface area contributed by atoms with Gasteiger partial charge in [-0.2, -0.15) is 0 Å². The molecule has 0 saturated heterocycles. The van der Waals surface area contributed by atoms with Gasteiger partial charge < -0.3 is 15.3 Å². The van der Waals surface area contributed by atoms with E-state index in [-0.39, 0.29) is 6.42 Å². The highest BCUT2D eigenvalue weighted by atomic mass is 16.5. The molecular weight excluding hydrogens is 174 g/mol. The van der Waals surface area contributed by atoms with Crippen LogP contribution >= 0.6 is 0 Å². The molecule has 0 aromatic carbocycles. The zero-order chi connectivity index (χ0) is 10.7. The summed E-state index contributed by atoms with van der Waals surface area (Å²) in [6.07, 6.45) is 0.667. The molecule has 0 aliphatic rings. The molecule has 76 valence electrons. The lowest BCUT2D eigenvalue weighted by Crippen LogP contribution is -2.55. The predicted molar refractivity (Wildman–Crippen MR) is 46.8 cm³/mol. The summed E-state index contributed by atoms with van der Waals surface area (Å²) in [7, 11) is 0. The van der Waals surface area contributed by atoms with Crippen molar-refractivity contribution in [2.75, 3.05) is 0 Å². The second-order valence-corrected chi connectivity index (χ2v) is 3.51. The summed E-state index contributed by atoms with van der Waals surface area (Å²) < 4.78 is 0. The first-order valence-electron chi connectivity index (χ1n) is 3.78. The zero-order valence-electron chi connectivity index (χ0n) is 7.74. The molecule has 0 aromatic rings. The Labute approximate surface area is 76.7 Å². The van der Waals surface area contributed by atoms with Gasteiger partial charge in [-0.3, -0.25) is 10.1 Å². The molecule has 0 amide bonds. The summed E-state index contributed by atoms with van der Waals surface area (Å²) in [5.41, 5.74) is -0.913. The molecule has 4 N–H and O–H groups in total. The maximum Gasteiger partial charge on any atom is 0.305 e. The Bertz CT molecular complexity index is 210. The van der Waals surface area contributed by atoms with Crippen molar-refractivity contribution in [2.24, 2.45) is 0 Å². The van der Waals surface area contributed by atoms with Gasteiger partial charge in [-0.15, -0.1) is 0 Å². The summed E-state index contributed by atoms with van der Waals surface area (Å²) >= 11 is 0. The third-order valence-electron chi connectivity index (χ3n) is 1.40. The van der Waals surface area contributed by atoms with E-state index in [2.05, 4.69) is 11.9 Å². The molecule has 0 radical (unpaired) electrons. The van der Waals surface area contributed by atoms with Gasteiger partial charge in [0.05, 0.1) is 6.42 Å². The second-order valence-electron chi connectivity index (χ2n) is 3.51. The highest BCUT2D eigenvalue weighted by Crippen LogP contribution is 2.12. The van der Waals surface area contributed by atoms with Crippen LogP contribution in [0.1, 0.15) is 20.3 Å². The maximum absolute atomic E-state index is 10.4. The highest BCUT2D eigenvalue weighted by Gasteiger charge is 2.30. The van der Waals surface area contributed by atoms with Crippen LogP contribution in [0.4, 0.5) is 0 Å². The Morgan fingerprint density at radius 1 is 1.54 bits per heavy atom. The van der Waals surface area contributed by atoms with Crippen molar-refractivity contribution < 1.29 is 20.1 Å². The molecule has 0 aliphatic heterocycles. The average molecular weight is 189 g/mol. The third-order valence-corrected chi connectivity index (χ3v) is 1.40. The lowest BCUT2D eigenvalue weighted by molar-refractivity contribution is -0.161. The van der Waals surface area contributed by atoms with E-state index in [1.54, 1.807) is 13.8 Å². The molecule has 0 saturated carbocycles. The quantitative estimate of drug-likeness (QED) is 0.351. The standard InChI is InChI=1S/C8H15NO4/c1-4-8(12,13)9-7(2,3)5-6(10)11/h4,9,12-13H,1,5H2,2-3H3,(H,10,11). The van der Waals surface area contributed by atoms with E-state index in [9.17, 15) is 4.79 Å². The van der Waals surface area contributed by atoms with Crippen molar-refractivity contribution in [3.63, 3.8) is 0 Å². The lowest BCUT2D eigenvalue weighted by Gasteiger charge is -2.31. The third kappa shape index (κ3) is 5.35. The SMILES string of the molecule is C=CC(O)(O)NC(C)(C)CC(=O)O. The fourth-order valence-corrected chi connectivity index (χ4v) is 0.971. The van der Waals surface area contributed by atoms with Crippen molar-refractivity contribution in [1.29, 1.82) is 0 Å². The van der Waals surface area contributed by atoms with Crippen molar-refractivity contribution in [1.82, 2.24) is 5.32 Å². The molecule has 0 heterocycles. The second kappa shape index (κ2) is 3.87. The molecule has 0 bridgehead atoms. The van der Waals surface area contributed by atoms with Gasteiger partial charge in [-0.25, -0.2) is 0 Å². The predicted octanol–water partition coefficient (Wildman–Crippen LogP) is -0.346. The van der Waals surface area contributed by atoms with E-state index < -0.39 is 17.4 Å². The van der Waals surface area contributed by atoms with Crippen LogP contribution < -0.4 is 5.32 Å². The lowest BCUT2D eigenvalue weighted by atomic mass is 10.0. The number of nitrogens with one attached hydrogen (secondary N) is 1. The molecule has 5 nitrogen and oxygen atoms in total. The fourth-order valence-electron chi connectivity index (χ4n) is 0.971. The Morgan fingerprint density at radius 3 is 2.31 bits per heavy atom. The van der Waals surface area contributed by atoms with Gasteiger partial charge in [-0.05, 0) is 19.9 Å². The van der Waals surface area contributed by atoms with Gasteiger partial charge in [0.2, 0.25) is 5.91 Å². The molecule has 0 aliphatic carbocycles. The summed E-state index contributed by atoms with van der Waals surface area (Å²) in [5, 5.41) is 29.0. The zero-order valence-corrected chi connectivity index (χ0v) is 7.74. The number of aliphatic hydroxyl groups is 2. The first-order chi connectivity index (χ1) is 5.68.